The largest absolute Gasteiger partial charge is 0.505 e. The van der Waals surface area contributed by atoms with Crippen LogP contribution in [-0.4, -0.2) is 19.8 Å². The second-order valence-corrected chi connectivity index (χ2v) is 4.94. The highest BCUT2D eigenvalue weighted by atomic mass is 32.2. The van der Waals surface area contributed by atoms with E-state index >= 15 is 0 Å². The number of sulfone groups is 1. The average Bonchev–Trinajstić information content (AvgIpc) is 2.09. The van der Waals surface area contributed by atoms with Crippen molar-refractivity contribution in [3.8, 4) is 5.75 Å². The molecule has 0 bridgehead atoms. The van der Waals surface area contributed by atoms with Crippen molar-refractivity contribution in [1.29, 1.82) is 0 Å². The summed E-state index contributed by atoms with van der Waals surface area (Å²) in [7, 11) is -4.06. The van der Waals surface area contributed by atoms with Crippen LogP contribution in [0.2, 0.25) is 0 Å². The van der Waals surface area contributed by atoms with Crippen molar-refractivity contribution in [2.24, 2.45) is 5.73 Å². The van der Waals surface area contributed by atoms with Gasteiger partial charge in [-0.1, -0.05) is 0 Å². The number of aromatic hydroxyl groups is 1. The van der Waals surface area contributed by atoms with Crippen LogP contribution in [0.25, 0.3) is 0 Å². The number of benzene rings is 1. The van der Waals surface area contributed by atoms with Crippen LogP contribution in [0.3, 0.4) is 0 Å². The van der Waals surface area contributed by atoms with Crippen molar-refractivity contribution in [3.63, 3.8) is 0 Å². The maximum atomic E-state index is 13.3. The van der Waals surface area contributed by atoms with Crippen LogP contribution in [0.5, 0.6) is 5.75 Å². The molecule has 84 valence electrons. The molecule has 0 heterocycles. The van der Waals surface area contributed by atoms with E-state index < -0.39 is 32.1 Å². The van der Waals surface area contributed by atoms with Crippen LogP contribution < -0.4 is 5.73 Å². The van der Waals surface area contributed by atoms with Crippen molar-refractivity contribution < 1.29 is 22.3 Å². The predicted octanol–water partition coefficient (Wildman–Crippen LogP) is 0.533. The third kappa shape index (κ3) is 2.07. The molecule has 0 saturated carbocycles. The standard InChI is InChI=1S/C8H9F2NO3S/c1-15(13,14)8-5(9)2-4(3-11)7(12)6(8)10/h2,12H,3,11H2,1H3. The van der Waals surface area contributed by atoms with Gasteiger partial charge in [-0.05, 0) is 6.07 Å². The molecule has 1 rings (SSSR count). The number of nitrogens with two attached hydrogens (primary N) is 1. The molecule has 0 fully saturated rings. The van der Waals surface area contributed by atoms with Gasteiger partial charge < -0.3 is 10.8 Å². The van der Waals surface area contributed by atoms with E-state index in [0.717, 1.165) is 0 Å². The Bertz CT molecular complexity index is 499. The number of hydrogen-bond acceptors (Lipinski definition) is 4. The van der Waals surface area contributed by atoms with Crippen molar-refractivity contribution in [2.45, 2.75) is 11.4 Å². The van der Waals surface area contributed by atoms with E-state index in [0.29, 0.717) is 12.3 Å². The van der Waals surface area contributed by atoms with Gasteiger partial charge >= 0.3 is 0 Å². The van der Waals surface area contributed by atoms with Crippen molar-refractivity contribution in [2.75, 3.05) is 6.26 Å². The topological polar surface area (TPSA) is 80.4 Å². The Labute approximate surface area is 85.3 Å². The highest BCUT2D eigenvalue weighted by Crippen LogP contribution is 2.29. The van der Waals surface area contributed by atoms with Gasteiger partial charge in [-0.2, -0.15) is 0 Å². The van der Waals surface area contributed by atoms with Gasteiger partial charge in [0.2, 0.25) is 0 Å². The maximum Gasteiger partial charge on any atom is 0.186 e. The van der Waals surface area contributed by atoms with Crippen molar-refractivity contribution in [1.82, 2.24) is 0 Å². The van der Waals surface area contributed by atoms with Crippen LogP contribution in [0, 0.1) is 11.6 Å². The molecule has 0 spiro atoms. The van der Waals surface area contributed by atoms with Crippen LogP contribution in [-0.2, 0) is 16.4 Å². The summed E-state index contributed by atoms with van der Waals surface area (Å²) in [6, 6.07) is 0.703. The molecule has 0 aliphatic carbocycles. The molecular weight excluding hydrogens is 228 g/mol. The van der Waals surface area contributed by atoms with E-state index in [1.165, 1.54) is 0 Å². The van der Waals surface area contributed by atoms with Gasteiger partial charge in [-0.3, -0.25) is 0 Å². The van der Waals surface area contributed by atoms with Crippen LogP contribution in [0.1, 0.15) is 5.56 Å². The van der Waals surface area contributed by atoms with Gasteiger partial charge in [-0.25, -0.2) is 17.2 Å². The van der Waals surface area contributed by atoms with Crippen LogP contribution in [0.4, 0.5) is 8.78 Å². The monoisotopic (exact) mass is 237 g/mol. The van der Waals surface area contributed by atoms with Crippen LogP contribution in [0.15, 0.2) is 11.0 Å². The number of rotatable bonds is 2. The van der Waals surface area contributed by atoms with Gasteiger partial charge in [0.15, 0.2) is 21.4 Å². The van der Waals surface area contributed by atoms with Crippen molar-refractivity contribution >= 4 is 9.84 Å². The third-order valence-corrected chi connectivity index (χ3v) is 2.94. The molecule has 0 atom stereocenters. The summed E-state index contributed by atoms with van der Waals surface area (Å²) in [5.74, 6) is -3.69. The summed E-state index contributed by atoms with van der Waals surface area (Å²) in [6.45, 7) is -0.288. The van der Waals surface area contributed by atoms with E-state index in [2.05, 4.69) is 0 Å². The molecule has 0 aliphatic heterocycles. The first kappa shape index (κ1) is 11.9. The molecule has 0 amide bonds. The first-order valence-corrected chi connectivity index (χ1v) is 5.78. The van der Waals surface area contributed by atoms with E-state index in [4.69, 9.17) is 5.73 Å². The van der Waals surface area contributed by atoms with Gasteiger partial charge in [-0.15, -0.1) is 0 Å². The van der Waals surface area contributed by atoms with Crippen molar-refractivity contribution in [3.05, 3.63) is 23.3 Å². The molecule has 1 aromatic carbocycles. The fraction of sp³-hybridized carbons (Fsp3) is 0.250. The summed E-state index contributed by atoms with van der Waals surface area (Å²) in [6.07, 6.45) is 0.649. The van der Waals surface area contributed by atoms with E-state index in [9.17, 15) is 22.3 Å². The summed E-state index contributed by atoms with van der Waals surface area (Å²) in [4.78, 5) is -1.14. The van der Waals surface area contributed by atoms with Crippen LogP contribution >= 0.6 is 0 Å². The summed E-state index contributed by atoms with van der Waals surface area (Å²) in [5.41, 5.74) is 4.92. The summed E-state index contributed by atoms with van der Waals surface area (Å²) < 4.78 is 48.5. The lowest BCUT2D eigenvalue weighted by molar-refractivity contribution is 0.406. The second kappa shape index (κ2) is 3.74. The quantitative estimate of drug-likeness (QED) is 0.786. The maximum absolute atomic E-state index is 13.3. The predicted molar refractivity (Wildman–Crippen MR) is 49.0 cm³/mol. The first-order chi connectivity index (χ1) is 6.79. The lowest BCUT2D eigenvalue weighted by atomic mass is 10.2. The molecule has 0 unspecified atom stereocenters. The zero-order valence-electron chi connectivity index (χ0n) is 7.79. The highest BCUT2D eigenvalue weighted by Gasteiger charge is 2.24. The normalized spacial score (nSPS) is 11.7. The average molecular weight is 237 g/mol. The Hall–Kier alpha value is -1.21. The Kier molecular flexibility index (Phi) is 2.96. The zero-order valence-corrected chi connectivity index (χ0v) is 8.61. The van der Waals surface area contributed by atoms with E-state index in [1.54, 1.807) is 0 Å². The summed E-state index contributed by atoms with van der Waals surface area (Å²) >= 11 is 0. The van der Waals surface area contributed by atoms with Gasteiger partial charge in [0.25, 0.3) is 0 Å². The molecule has 1 aromatic rings. The fourth-order valence-corrected chi connectivity index (χ4v) is 1.97. The molecular formula is C8H9F2NO3S. The molecule has 0 saturated heterocycles. The fourth-order valence-electron chi connectivity index (χ4n) is 1.14. The first-order valence-electron chi connectivity index (χ1n) is 3.89. The summed E-state index contributed by atoms with van der Waals surface area (Å²) in [5, 5.41) is 9.18. The van der Waals surface area contributed by atoms with E-state index in [1.807, 2.05) is 0 Å². The smallest absolute Gasteiger partial charge is 0.186 e. The SMILES string of the molecule is CS(=O)(=O)c1c(F)cc(CN)c(O)c1F. The Morgan fingerprint density at radius 1 is 1.47 bits per heavy atom. The molecule has 0 aliphatic rings. The Morgan fingerprint density at radius 3 is 2.40 bits per heavy atom. The lowest BCUT2D eigenvalue weighted by Crippen LogP contribution is -2.08. The van der Waals surface area contributed by atoms with Gasteiger partial charge in [0, 0.05) is 18.4 Å². The minimum absolute atomic E-state index is 0.183. The molecule has 7 heteroatoms. The Morgan fingerprint density at radius 2 is 2.00 bits per heavy atom. The molecule has 0 aromatic heterocycles. The molecule has 0 radical (unpaired) electrons. The number of halogens is 2. The highest BCUT2D eigenvalue weighted by molar-refractivity contribution is 7.90. The molecule has 4 nitrogen and oxygen atoms in total. The second-order valence-electron chi connectivity index (χ2n) is 2.99. The Balaban J connectivity index is 3.65. The van der Waals surface area contributed by atoms with E-state index in [-0.39, 0.29) is 12.1 Å². The molecule has 3 N–H and O–H groups in total. The minimum Gasteiger partial charge on any atom is -0.505 e. The third-order valence-electron chi connectivity index (χ3n) is 1.82. The lowest BCUT2D eigenvalue weighted by Gasteiger charge is -2.08. The number of phenolic OH excluding ortho intramolecular Hbond substituents is 1. The van der Waals surface area contributed by atoms with Gasteiger partial charge in [0.05, 0.1) is 0 Å². The number of phenols is 1. The molecule has 15 heavy (non-hydrogen) atoms. The van der Waals surface area contributed by atoms with Gasteiger partial charge in [0.1, 0.15) is 10.7 Å². The minimum atomic E-state index is -4.06. The number of hydrogen-bond donors (Lipinski definition) is 2. The zero-order chi connectivity index (χ0) is 11.8.